The lowest BCUT2D eigenvalue weighted by Gasteiger charge is -2.10. The van der Waals surface area contributed by atoms with Crippen LogP contribution in [0.5, 0.6) is 0 Å². The Labute approximate surface area is 119 Å². The topological polar surface area (TPSA) is 42.2 Å². The zero-order valence-corrected chi connectivity index (χ0v) is 12.9. The molecule has 0 radical (unpaired) electrons. The van der Waals surface area contributed by atoms with Crippen LogP contribution >= 0.6 is 11.8 Å². The Morgan fingerprint density at radius 1 is 1.37 bits per heavy atom. The number of rotatable bonds is 6. The van der Waals surface area contributed by atoms with Gasteiger partial charge in [-0.25, -0.2) is 9.50 Å². The molecule has 2 heterocycles. The first-order valence-corrected chi connectivity index (χ1v) is 8.01. The van der Waals surface area contributed by atoms with Crippen LogP contribution < -0.4 is 5.32 Å². The first-order chi connectivity index (χ1) is 9.11. The minimum absolute atomic E-state index is 0.435. The lowest BCUT2D eigenvalue weighted by Crippen LogP contribution is -2.09. The molecular weight excluding hydrogens is 256 g/mol. The summed E-state index contributed by atoms with van der Waals surface area (Å²) < 4.78 is 1.91. The van der Waals surface area contributed by atoms with Crippen LogP contribution in [0.4, 0.5) is 5.82 Å². The number of thioether (sulfide) groups is 1. The average Bonchev–Trinajstić information content (AvgIpc) is 2.83. The molecule has 0 spiro atoms. The van der Waals surface area contributed by atoms with Gasteiger partial charge in [-0.2, -0.15) is 16.9 Å². The van der Waals surface area contributed by atoms with Crippen LogP contribution in [0.2, 0.25) is 0 Å². The number of anilines is 1. The fraction of sp³-hybridized carbons (Fsp3) is 0.571. The Hall–Kier alpha value is -1.23. The third-order valence-electron chi connectivity index (χ3n) is 3.25. The SMILES string of the molecule is CSC(C)CCNc1nccn2nc(C(C)C)cc12. The Morgan fingerprint density at radius 2 is 2.16 bits per heavy atom. The predicted molar refractivity (Wildman–Crippen MR) is 83.2 cm³/mol. The van der Waals surface area contributed by atoms with E-state index in [-0.39, 0.29) is 0 Å². The molecule has 4 nitrogen and oxygen atoms in total. The van der Waals surface area contributed by atoms with E-state index in [9.17, 15) is 0 Å². The number of hydrogen-bond donors (Lipinski definition) is 1. The van der Waals surface area contributed by atoms with Crippen LogP contribution in [-0.2, 0) is 0 Å². The van der Waals surface area contributed by atoms with Gasteiger partial charge in [0.25, 0.3) is 0 Å². The van der Waals surface area contributed by atoms with Crippen molar-refractivity contribution in [3.8, 4) is 0 Å². The van der Waals surface area contributed by atoms with Gasteiger partial charge in [0.05, 0.1) is 5.69 Å². The van der Waals surface area contributed by atoms with Gasteiger partial charge in [0.1, 0.15) is 5.52 Å². The van der Waals surface area contributed by atoms with E-state index in [1.807, 2.05) is 22.5 Å². The summed E-state index contributed by atoms with van der Waals surface area (Å²) in [5.41, 5.74) is 2.16. The number of nitrogens with one attached hydrogen (secondary N) is 1. The van der Waals surface area contributed by atoms with Crippen LogP contribution in [-0.4, -0.2) is 32.6 Å². The molecule has 2 aromatic rings. The molecule has 0 aliphatic heterocycles. The highest BCUT2D eigenvalue weighted by Crippen LogP contribution is 2.20. The molecule has 2 rings (SSSR count). The second-order valence-corrected chi connectivity index (χ2v) is 6.37. The molecule has 0 aliphatic carbocycles. The maximum absolute atomic E-state index is 4.56. The van der Waals surface area contributed by atoms with Gasteiger partial charge in [-0.05, 0) is 24.7 Å². The third-order valence-corrected chi connectivity index (χ3v) is 4.29. The summed E-state index contributed by atoms with van der Waals surface area (Å²) in [4.78, 5) is 4.42. The number of aromatic nitrogens is 3. The van der Waals surface area contributed by atoms with Crippen molar-refractivity contribution in [3.63, 3.8) is 0 Å². The van der Waals surface area contributed by atoms with E-state index in [0.717, 1.165) is 30.0 Å². The summed E-state index contributed by atoms with van der Waals surface area (Å²) in [6.07, 6.45) is 6.98. The normalized spacial score (nSPS) is 13.1. The van der Waals surface area contributed by atoms with Gasteiger partial charge in [-0.1, -0.05) is 20.8 Å². The van der Waals surface area contributed by atoms with Crippen LogP contribution in [0.25, 0.3) is 5.52 Å². The Bertz CT molecular complexity index is 535. The zero-order valence-electron chi connectivity index (χ0n) is 12.1. The van der Waals surface area contributed by atoms with E-state index in [0.29, 0.717) is 11.2 Å². The van der Waals surface area contributed by atoms with Crippen molar-refractivity contribution >= 4 is 23.1 Å². The summed E-state index contributed by atoms with van der Waals surface area (Å²) in [5, 5.41) is 8.65. The van der Waals surface area contributed by atoms with Crippen molar-refractivity contribution in [3.05, 3.63) is 24.2 Å². The lowest BCUT2D eigenvalue weighted by atomic mass is 10.1. The van der Waals surface area contributed by atoms with Crippen molar-refractivity contribution in [2.45, 2.75) is 38.4 Å². The molecule has 1 N–H and O–H groups in total. The maximum Gasteiger partial charge on any atom is 0.152 e. The monoisotopic (exact) mass is 278 g/mol. The summed E-state index contributed by atoms with van der Waals surface area (Å²) in [6.45, 7) is 7.50. The molecule has 0 amide bonds. The first kappa shape index (κ1) is 14.2. The molecule has 19 heavy (non-hydrogen) atoms. The lowest BCUT2D eigenvalue weighted by molar-refractivity contribution is 0.786. The number of hydrogen-bond acceptors (Lipinski definition) is 4. The Morgan fingerprint density at radius 3 is 2.84 bits per heavy atom. The highest BCUT2D eigenvalue weighted by atomic mass is 32.2. The van der Waals surface area contributed by atoms with Crippen LogP contribution in [0.1, 0.15) is 38.8 Å². The largest absolute Gasteiger partial charge is 0.368 e. The van der Waals surface area contributed by atoms with E-state index in [4.69, 9.17) is 0 Å². The van der Waals surface area contributed by atoms with Crippen molar-refractivity contribution in [2.75, 3.05) is 18.1 Å². The molecule has 0 bridgehead atoms. The molecule has 1 unspecified atom stereocenters. The van der Waals surface area contributed by atoms with Gasteiger partial charge in [0, 0.05) is 24.2 Å². The van der Waals surface area contributed by atoms with Crippen molar-refractivity contribution in [2.24, 2.45) is 0 Å². The Balaban J connectivity index is 2.14. The molecule has 0 aromatic carbocycles. The van der Waals surface area contributed by atoms with Gasteiger partial charge < -0.3 is 5.32 Å². The standard InChI is InChI=1S/C14H22N4S/c1-10(2)12-9-13-14(15-6-5-11(3)19-4)16-7-8-18(13)17-12/h7-11H,5-6H2,1-4H3,(H,15,16). The van der Waals surface area contributed by atoms with E-state index in [1.54, 1.807) is 6.20 Å². The molecule has 0 fully saturated rings. The van der Waals surface area contributed by atoms with Crippen molar-refractivity contribution < 1.29 is 0 Å². The Kier molecular flexibility index (Phi) is 4.69. The summed E-state index contributed by atoms with van der Waals surface area (Å²) in [5.74, 6) is 1.36. The second kappa shape index (κ2) is 6.28. The fourth-order valence-corrected chi connectivity index (χ4v) is 2.22. The van der Waals surface area contributed by atoms with Gasteiger partial charge in [0.2, 0.25) is 0 Å². The quantitative estimate of drug-likeness (QED) is 0.879. The number of fused-ring (bicyclic) bond motifs is 1. The molecule has 1 atom stereocenters. The molecule has 0 aliphatic rings. The van der Waals surface area contributed by atoms with Crippen molar-refractivity contribution in [1.82, 2.24) is 14.6 Å². The van der Waals surface area contributed by atoms with Crippen molar-refractivity contribution in [1.29, 1.82) is 0 Å². The number of nitrogens with zero attached hydrogens (tertiary/aromatic N) is 3. The smallest absolute Gasteiger partial charge is 0.152 e. The van der Waals surface area contributed by atoms with Crippen LogP contribution in [0, 0.1) is 0 Å². The van der Waals surface area contributed by atoms with Gasteiger partial charge in [-0.15, -0.1) is 0 Å². The molecule has 2 aromatic heterocycles. The summed E-state index contributed by atoms with van der Waals surface area (Å²) >= 11 is 1.89. The van der Waals surface area contributed by atoms with Crippen LogP contribution in [0.15, 0.2) is 18.5 Å². The summed E-state index contributed by atoms with van der Waals surface area (Å²) in [6, 6.07) is 2.12. The van der Waals surface area contributed by atoms with Gasteiger partial charge in [-0.3, -0.25) is 0 Å². The van der Waals surface area contributed by atoms with E-state index in [1.165, 1.54) is 0 Å². The van der Waals surface area contributed by atoms with E-state index < -0.39 is 0 Å². The zero-order chi connectivity index (χ0) is 13.8. The predicted octanol–water partition coefficient (Wildman–Crippen LogP) is 3.41. The highest BCUT2D eigenvalue weighted by molar-refractivity contribution is 7.99. The second-order valence-electron chi connectivity index (χ2n) is 5.09. The van der Waals surface area contributed by atoms with Gasteiger partial charge in [0.15, 0.2) is 5.82 Å². The maximum atomic E-state index is 4.56. The molecule has 104 valence electrons. The molecular formula is C14H22N4S. The van der Waals surface area contributed by atoms with E-state index in [2.05, 4.69) is 48.5 Å². The summed E-state index contributed by atoms with van der Waals surface area (Å²) in [7, 11) is 0. The minimum atomic E-state index is 0.435. The van der Waals surface area contributed by atoms with Gasteiger partial charge >= 0.3 is 0 Å². The molecule has 0 saturated heterocycles. The van der Waals surface area contributed by atoms with E-state index >= 15 is 0 Å². The fourth-order valence-electron chi connectivity index (χ4n) is 1.87. The highest BCUT2D eigenvalue weighted by Gasteiger charge is 2.09. The minimum Gasteiger partial charge on any atom is -0.368 e. The molecule has 5 heteroatoms. The average molecular weight is 278 g/mol. The third kappa shape index (κ3) is 3.41. The van der Waals surface area contributed by atoms with Crippen LogP contribution in [0.3, 0.4) is 0 Å². The first-order valence-electron chi connectivity index (χ1n) is 6.72. The molecule has 0 saturated carbocycles.